The molecule has 2 heterocycles. The fourth-order valence-electron chi connectivity index (χ4n) is 4.44. The van der Waals surface area contributed by atoms with Crippen molar-refractivity contribution in [3.63, 3.8) is 0 Å². The molecule has 0 aliphatic heterocycles. The Labute approximate surface area is 198 Å². The molecule has 0 radical (unpaired) electrons. The van der Waals surface area contributed by atoms with Gasteiger partial charge in [-0.25, -0.2) is 0 Å². The minimum Gasteiger partial charge on any atom is -0.481 e. The van der Waals surface area contributed by atoms with E-state index in [9.17, 15) is 22.8 Å². The number of aliphatic carboxylic acids is 1. The molecule has 2 N–H and O–H groups in total. The molecule has 3 aromatic rings. The Kier molecular flexibility index (Phi) is 6.84. The summed E-state index contributed by atoms with van der Waals surface area (Å²) < 4.78 is 42.3. The van der Waals surface area contributed by atoms with Crippen LogP contribution < -0.4 is 5.32 Å². The summed E-state index contributed by atoms with van der Waals surface area (Å²) in [4.78, 5) is 28.4. The summed E-state index contributed by atoms with van der Waals surface area (Å²) in [5.41, 5.74) is 0.0673. The number of pyridine rings is 1. The molecular formula is C24H23ClF3N3O3. The molecule has 0 spiro atoms. The van der Waals surface area contributed by atoms with E-state index in [-0.39, 0.29) is 30.5 Å². The van der Waals surface area contributed by atoms with Gasteiger partial charge in [0.15, 0.2) is 0 Å². The van der Waals surface area contributed by atoms with Crippen molar-refractivity contribution in [2.75, 3.05) is 6.54 Å². The lowest BCUT2D eigenvalue weighted by atomic mass is 9.82. The van der Waals surface area contributed by atoms with E-state index in [1.165, 1.54) is 6.20 Å². The number of carboxylic acid groups (broad SMARTS) is 1. The smallest absolute Gasteiger partial charge is 0.416 e. The van der Waals surface area contributed by atoms with Crippen LogP contribution in [0.25, 0.3) is 10.9 Å². The van der Waals surface area contributed by atoms with Crippen LogP contribution in [0.4, 0.5) is 13.2 Å². The first kappa shape index (κ1) is 24.1. The number of carbonyl (C=O) groups excluding carboxylic acids is 1. The molecule has 1 aromatic carbocycles. The fraction of sp³-hybridized carbons (Fsp3) is 0.375. The Morgan fingerprint density at radius 3 is 2.50 bits per heavy atom. The Morgan fingerprint density at radius 1 is 1.15 bits per heavy atom. The molecule has 1 aliphatic carbocycles. The number of halogens is 4. The first-order valence-corrected chi connectivity index (χ1v) is 11.3. The van der Waals surface area contributed by atoms with Crippen LogP contribution in [0.15, 0.2) is 42.7 Å². The van der Waals surface area contributed by atoms with E-state index in [0.29, 0.717) is 47.3 Å². The van der Waals surface area contributed by atoms with E-state index in [0.717, 1.165) is 12.1 Å². The predicted molar refractivity (Wildman–Crippen MR) is 121 cm³/mol. The monoisotopic (exact) mass is 493 g/mol. The number of carboxylic acids is 1. The number of nitrogens with zero attached hydrogens (tertiary/aromatic N) is 2. The number of hydrogen-bond acceptors (Lipinski definition) is 3. The van der Waals surface area contributed by atoms with Crippen LogP contribution in [-0.4, -0.2) is 33.1 Å². The van der Waals surface area contributed by atoms with E-state index in [2.05, 4.69) is 10.3 Å². The molecule has 0 saturated heterocycles. The summed E-state index contributed by atoms with van der Waals surface area (Å²) in [6.07, 6.45) is 0.864. The zero-order valence-electron chi connectivity index (χ0n) is 18.1. The number of alkyl halides is 3. The number of benzene rings is 1. The topological polar surface area (TPSA) is 84.2 Å². The number of nitrogens with one attached hydrogen (secondary N) is 1. The van der Waals surface area contributed by atoms with Crippen molar-refractivity contribution in [1.29, 1.82) is 0 Å². The molecule has 34 heavy (non-hydrogen) atoms. The number of hydrogen-bond donors (Lipinski definition) is 2. The first-order chi connectivity index (χ1) is 16.1. The van der Waals surface area contributed by atoms with Crippen LogP contribution in [0.5, 0.6) is 0 Å². The van der Waals surface area contributed by atoms with Crippen molar-refractivity contribution in [3.05, 3.63) is 64.6 Å². The summed E-state index contributed by atoms with van der Waals surface area (Å²) >= 11 is 5.88. The van der Waals surface area contributed by atoms with Crippen molar-refractivity contribution in [1.82, 2.24) is 14.9 Å². The highest BCUT2D eigenvalue weighted by atomic mass is 35.5. The van der Waals surface area contributed by atoms with Gasteiger partial charge in [-0.1, -0.05) is 11.6 Å². The lowest BCUT2D eigenvalue weighted by Crippen LogP contribution is -2.32. The minimum absolute atomic E-state index is 0.0667. The van der Waals surface area contributed by atoms with E-state index >= 15 is 0 Å². The fourth-order valence-corrected chi connectivity index (χ4v) is 4.55. The zero-order valence-corrected chi connectivity index (χ0v) is 18.9. The minimum atomic E-state index is -4.60. The molecule has 10 heteroatoms. The van der Waals surface area contributed by atoms with Gasteiger partial charge in [-0.05, 0) is 61.9 Å². The van der Waals surface area contributed by atoms with E-state index in [1.54, 1.807) is 29.0 Å². The molecule has 1 saturated carbocycles. The standard InChI is InChI=1S/C24H23ClF3N3O3/c25-18-5-6-19(29-12-18)13-31-8-7-16-9-17(24(26,27)28)10-20(21(16)31)22(32)30-11-14-1-3-15(4-2-14)23(33)34/h5-10,12,14-15H,1-4,11,13H2,(H,30,32)(H,33,34)/t14-,15-. The number of amides is 1. The third-order valence-electron chi connectivity index (χ3n) is 6.30. The average molecular weight is 494 g/mol. The highest BCUT2D eigenvalue weighted by molar-refractivity contribution is 6.30. The molecule has 0 atom stereocenters. The van der Waals surface area contributed by atoms with Crippen LogP contribution >= 0.6 is 11.6 Å². The Morgan fingerprint density at radius 2 is 1.88 bits per heavy atom. The Hall–Kier alpha value is -3.07. The van der Waals surface area contributed by atoms with Gasteiger partial charge in [-0.15, -0.1) is 0 Å². The van der Waals surface area contributed by atoms with Gasteiger partial charge in [0.1, 0.15) is 0 Å². The predicted octanol–water partition coefficient (Wildman–Crippen LogP) is 5.38. The molecule has 1 amide bonds. The molecule has 1 fully saturated rings. The maximum atomic E-state index is 13.5. The molecular weight excluding hydrogens is 471 g/mol. The largest absolute Gasteiger partial charge is 0.481 e. The van der Waals surface area contributed by atoms with Crippen LogP contribution in [-0.2, 0) is 17.5 Å². The zero-order chi connectivity index (χ0) is 24.5. The molecule has 0 bridgehead atoms. The maximum Gasteiger partial charge on any atom is 0.416 e. The molecule has 2 aromatic heterocycles. The van der Waals surface area contributed by atoms with Crippen molar-refractivity contribution in [2.45, 2.75) is 38.4 Å². The second kappa shape index (κ2) is 9.66. The number of fused-ring (bicyclic) bond motifs is 1. The summed E-state index contributed by atoms with van der Waals surface area (Å²) in [6.45, 7) is 0.536. The van der Waals surface area contributed by atoms with Gasteiger partial charge in [0, 0.05) is 24.3 Å². The van der Waals surface area contributed by atoms with Gasteiger partial charge in [0.25, 0.3) is 5.91 Å². The van der Waals surface area contributed by atoms with Crippen LogP contribution in [0.2, 0.25) is 5.02 Å². The first-order valence-electron chi connectivity index (χ1n) is 10.9. The van der Waals surface area contributed by atoms with Gasteiger partial charge in [0.05, 0.1) is 39.8 Å². The number of carbonyl (C=O) groups is 2. The molecule has 4 rings (SSSR count). The second-order valence-corrected chi connectivity index (χ2v) is 9.07. The molecule has 6 nitrogen and oxygen atoms in total. The van der Waals surface area contributed by atoms with Crippen LogP contribution in [0, 0.1) is 11.8 Å². The van der Waals surface area contributed by atoms with Gasteiger partial charge < -0.3 is 15.0 Å². The summed E-state index contributed by atoms with van der Waals surface area (Å²) in [5, 5.41) is 12.7. The van der Waals surface area contributed by atoms with Gasteiger partial charge >= 0.3 is 12.1 Å². The van der Waals surface area contributed by atoms with Crippen molar-refractivity contribution in [2.24, 2.45) is 11.8 Å². The van der Waals surface area contributed by atoms with Crippen molar-refractivity contribution in [3.8, 4) is 0 Å². The quantitative estimate of drug-likeness (QED) is 0.483. The highest BCUT2D eigenvalue weighted by Crippen LogP contribution is 2.34. The van der Waals surface area contributed by atoms with Gasteiger partial charge in [-0.3, -0.25) is 14.6 Å². The molecule has 180 valence electrons. The Bertz CT molecular complexity index is 1200. The van der Waals surface area contributed by atoms with Crippen molar-refractivity contribution >= 4 is 34.4 Å². The SMILES string of the molecule is O=C(NC[C@H]1CC[C@H](C(=O)O)CC1)c1cc(C(F)(F)F)cc2ccn(Cc3ccc(Cl)cn3)c12. The lowest BCUT2D eigenvalue weighted by Gasteiger charge is -2.26. The average Bonchev–Trinajstić information content (AvgIpc) is 3.21. The van der Waals surface area contributed by atoms with Gasteiger partial charge in [-0.2, -0.15) is 13.2 Å². The lowest BCUT2D eigenvalue weighted by molar-refractivity contribution is -0.143. The summed E-state index contributed by atoms with van der Waals surface area (Å²) in [5.74, 6) is -1.70. The van der Waals surface area contributed by atoms with Gasteiger partial charge in [0.2, 0.25) is 0 Å². The highest BCUT2D eigenvalue weighted by Gasteiger charge is 2.33. The van der Waals surface area contributed by atoms with E-state index in [4.69, 9.17) is 16.7 Å². The van der Waals surface area contributed by atoms with E-state index in [1.807, 2.05) is 0 Å². The van der Waals surface area contributed by atoms with E-state index < -0.39 is 23.6 Å². The second-order valence-electron chi connectivity index (χ2n) is 8.64. The third-order valence-corrected chi connectivity index (χ3v) is 6.52. The van der Waals surface area contributed by atoms with Crippen LogP contribution in [0.1, 0.15) is 47.3 Å². The molecule has 1 aliphatic rings. The normalized spacial score (nSPS) is 18.7. The molecule has 0 unspecified atom stereocenters. The number of rotatable bonds is 6. The number of aromatic nitrogens is 2. The third kappa shape index (κ3) is 5.35. The summed E-state index contributed by atoms with van der Waals surface area (Å²) in [7, 11) is 0. The Balaban J connectivity index is 1.59. The van der Waals surface area contributed by atoms with Crippen LogP contribution in [0.3, 0.4) is 0 Å². The van der Waals surface area contributed by atoms with Crippen molar-refractivity contribution < 1.29 is 27.9 Å². The maximum absolute atomic E-state index is 13.5. The summed E-state index contributed by atoms with van der Waals surface area (Å²) in [6, 6.07) is 6.84.